The van der Waals surface area contributed by atoms with Crippen molar-refractivity contribution in [1.29, 1.82) is 0 Å². The molecule has 1 saturated heterocycles. The van der Waals surface area contributed by atoms with E-state index in [1.807, 2.05) is 17.8 Å². The maximum atomic E-state index is 11.5. The Morgan fingerprint density at radius 3 is 2.95 bits per heavy atom. The number of hydrogen-bond acceptors (Lipinski definition) is 4. The molecule has 0 bridgehead atoms. The molecule has 1 unspecified atom stereocenters. The average Bonchev–Trinajstić information content (AvgIpc) is 2.75. The van der Waals surface area contributed by atoms with Gasteiger partial charge in [-0.05, 0) is 31.4 Å². The van der Waals surface area contributed by atoms with Gasteiger partial charge in [0.15, 0.2) is 0 Å². The Bertz CT molecular complexity index is 512. The molecule has 0 amide bonds. The fourth-order valence-corrected chi connectivity index (χ4v) is 3.42. The van der Waals surface area contributed by atoms with Gasteiger partial charge in [-0.15, -0.1) is 0 Å². The van der Waals surface area contributed by atoms with E-state index in [4.69, 9.17) is 0 Å². The zero-order valence-electron chi connectivity index (χ0n) is 11.5. The van der Waals surface area contributed by atoms with Gasteiger partial charge in [-0.25, -0.2) is 12.7 Å². The lowest BCUT2D eigenvalue weighted by Crippen LogP contribution is -2.42. The second-order valence-electron chi connectivity index (χ2n) is 5.21. The van der Waals surface area contributed by atoms with Gasteiger partial charge in [0.05, 0.1) is 11.9 Å². The topological polar surface area (TPSA) is 67.2 Å². The molecule has 6 nitrogen and oxygen atoms in total. The smallest absolute Gasteiger partial charge is 0.211 e. The van der Waals surface area contributed by atoms with Crippen LogP contribution in [0.3, 0.4) is 0 Å². The highest BCUT2D eigenvalue weighted by Crippen LogP contribution is 2.18. The number of sulfonamides is 1. The number of piperidine rings is 1. The van der Waals surface area contributed by atoms with Crippen LogP contribution in [0.25, 0.3) is 0 Å². The van der Waals surface area contributed by atoms with E-state index in [-0.39, 0.29) is 0 Å². The zero-order chi connectivity index (χ0) is 13.9. The van der Waals surface area contributed by atoms with Crippen LogP contribution in [0.2, 0.25) is 0 Å². The Morgan fingerprint density at radius 2 is 2.32 bits per heavy atom. The van der Waals surface area contributed by atoms with Gasteiger partial charge >= 0.3 is 0 Å². The van der Waals surface area contributed by atoms with E-state index >= 15 is 0 Å². The summed E-state index contributed by atoms with van der Waals surface area (Å²) in [6.45, 7) is 2.91. The molecule has 0 spiro atoms. The summed E-state index contributed by atoms with van der Waals surface area (Å²) in [6.07, 6.45) is 5.11. The van der Waals surface area contributed by atoms with Crippen molar-refractivity contribution in [2.24, 2.45) is 13.0 Å². The molecule has 0 saturated carbocycles. The van der Waals surface area contributed by atoms with Crippen LogP contribution in [0.5, 0.6) is 0 Å². The first-order chi connectivity index (χ1) is 8.97. The first-order valence-electron chi connectivity index (χ1n) is 6.59. The third-order valence-electron chi connectivity index (χ3n) is 3.61. The van der Waals surface area contributed by atoms with Crippen LogP contribution in [0.15, 0.2) is 12.3 Å². The van der Waals surface area contributed by atoms with Gasteiger partial charge in [-0.3, -0.25) is 4.68 Å². The molecular weight excluding hydrogens is 264 g/mol. The van der Waals surface area contributed by atoms with Crippen molar-refractivity contribution in [3.8, 4) is 0 Å². The van der Waals surface area contributed by atoms with Gasteiger partial charge < -0.3 is 5.32 Å². The quantitative estimate of drug-likeness (QED) is 0.838. The van der Waals surface area contributed by atoms with Crippen LogP contribution in [-0.4, -0.2) is 48.4 Å². The normalized spacial score (nSPS) is 21.7. The van der Waals surface area contributed by atoms with E-state index in [0.717, 1.165) is 31.6 Å². The largest absolute Gasteiger partial charge is 0.311 e. The lowest BCUT2D eigenvalue weighted by molar-refractivity contribution is 0.260. The highest BCUT2D eigenvalue weighted by atomic mass is 32.2. The van der Waals surface area contributed by atoms with E-state index in [1.54, 1.807) is 10.5 Å². The Kier molecular flexibility index (Phi) is 4.59. The predicted octanol–water partition coefficient (Wildman–Crippen LogP) is 0.181. The van der Waals surface area contributed by atoms with Crippen molar-refractivity contribution in [2.45, 2.75) is 19.4 Å². The van der Waals surface area contributed by atoms with Crippen LogP contribution < -0.4 is 5.32 Å². The maximum absolute atomic E-state index is 11.5. The number of aromatic nitrogens is 2. The first-order valence-corrected chi connectivity index (χ1v) is 8.44. The SMILES string of the molecule is Cn1nccc1CNCC1CCCN(S(C)(=O)=O)C1. The fourth-order valence-electron chi connectivity index (χ4n) is 2.47. The van der Waals surface area contributed by atoms with E-state index in [0.29, 0.717) is 19.0 Å². The summed E-state index contributed by atoms with van der Waals surface area (Å²) in [4.78, 5) is 0. The predicted molar refractivity (Wildman–Crippen MR) is 74.1 cm³/mol. The molecule has 1 aliphatic rings. The molecule has 1 atom stereocenters. The average molecular weight is 286 g/mol. The van der Waals surface area contributed by atoms with Crippen molar-refractivity contribution in [3.05, 3.63) is 18.0 Å². The molecule has 0 radical (unpaired) electrons. The lowest BCUT2D eigenvalue weighted by Gasteiger charge is -2.31. The van der Waals surface area contributed by atoms with Crippen molar-refractivity contribution in [2.75, 3.05) is 25.9 Å². The lowest BCUT2D eigenvalue weighted by atomic mass is 10.00. The molecule has 1 fully saturated rings. The zero-order valence-corrected chi connectivity index (χ0v) is 12.4. The molecule has 7 heteroatoms. The van der Waals surface area contributed by atoms with Crippen molar-refractivity contribution in [1.82, 2.24) is 19.4 Å². The summed E-state index contributed by atoms with van der Waals surface area (Å²) in [5, 5.41) is 7.50. The van der Waals surface area contributed by atoms with Crippen LogP contribution in [0, 0.1) is 5.92 Å². The summed E-state index contributed by atoms with van der Waals surface area (Å²) >= 11 is 0. The van der Waals surface area contributed by atoms with Crippen LogP contribution in [0.4, 0.5) is 0 Å². The Balaban J connectivity index is 1.79. The van der Waals surface area contributed by atoms with Crippen molar-refractivity contribution in [3.63, 3.8) is 0 Å². The minimum Gasteiger partial charge on any atom is -0.311 e. The minimum atomic E-state index is -3.04. The second kappa shape index (κ2) is 6.02. The van der Waals surface area contributed by atoms with Gasteiger partial charge in [0.2, 0.25) is 10.0 Å². The molecular formula is C12H22N4O2S. The maximum Gasteiger partial charge on any atom is 0.211 e. The molecule has 1 aromatic rings. The van der Waals surface area contributed by atoms with Gasteiger partial charge in [0, 0.05) is 32.9 Å². The van der Waals surface area contributed by atoms with Gasteiger partial charge in [-0.2, -0.15) is 5.10 Å². The third kappa shape index (κ3) is 4.02. The van der Waals surface area contributed by atoms with E-state index in [1.165, 1.54) is 6.26 Å². The van der Waals surface area contributed by atoms with Crippen molar-refractivity contribution < 1.29 is 8.42 Å². The molecule has 0 aromatic carbocycles. The fraction of sp³-hybridized carbons (Fsp3) is 0.750. The number of hydrogen-bond donors (Lipinski definition) is 1. The summed E-state index contributed by atoms with van der Waals surface area (Å²) in [6, 6.07) is 1.98. The molecule has 2 heterocycles. The minimum absolute atomic E-state index is 0.400. The summed E-state index contributed by atoms with van der Waals surface area (Å²) in [7, 11) is -1.12. The van der Waals surface area contributed by atoms with E-state index in [9.17, 15) is 8.42 Å². The van der Waals surface area contributed by atoms with Crippen LogP contribution in [0.1, 0.15) is 18.5 Å². The van der Waals surface area contributed by atoms with E-state index < -0.39 is 10.0 Å². The molecule has 108 valence electrons. The summed E-state index contributed by atoms with van der Waals surface area (Å²) in [5.41, 5.74) is 1.13. The second-order valence-corrected chi connectivity index (χ2v) is 7.19. The highest BCUT2D eigenvalue weighted by molar-refractivity contribution is 7.88. The standard InChI is InChI=1S/C12H22N4O2S/c1-15-12(5-6-14-15)9-13-8-11-4-3-7-16(10-11)19(2,17)18/h5-6,11,13H,3-4,7-10H2,1-2H3. The molecule has 0 aliphatic carbocycles. The molecule has 2 rings (SSSR count). The van der Waals surface area contributed by atoms with Gasteiger partial charge in [0.1, 0.15) is 0 Å². The third-order valence-corrected chi connectivity index (χ3v) is 4.88. The number of aryl methyl sites for hydroxylation is 1. The Morgan fingerprint density at radius 1 is 1.53 bits per heavy atom. The molecule has 1 aliphatic heterocycles. The molecule has 19 heavy (non-hydrogen) atoms. The van der Waals surface area contributed by atoms with Gasteiger partial charge in [-0.1, -0.05) is 0 Å². The number of nitrogens with zero attached hydrogens (tertiary/aromatic N) is 3. The van der Waals surface area contributed by atoms with Gasteiger partial charge in [0.25, 0.3) is 0 Å². The van der Waals surface area contributed by atoms with E-state index in [2.05, 4.69) is 10.4 Å². The van der Waals surface area contributed by atoms with Crippen molar-refractivity contribution >= 4 is 10.0 Å². The first kappa shape index (κ1) is 14.5. The van der Waals surface area contributed by atoms with Crippen LogP contribution >= 0.6 is 0 Å². The highest BCUT2D eigenvalue weighted by Gasteiger charge is 2.25. The Hall–Kier alpha value is -0.920. The van der Waals surface area contributed by atoms with Crippen LogP contribution in [-0.2, 0) is 23.6 Å². The Labute approximate surface area is 114 Å². The summed E-state index contributed by atoms with van der Waals surface area (Å²) in [5.74, 6) is 0.400. The number of nitrogens with one attached hydrogen (secondary N) is 1. The summed E-state index contributed by atoms with van der Waals surface area (Å²) < 4.78 is 26.5. The number of rotatable bonds is 5. The molecule has 1 aromatic heterocycles. The monoisotopic (exact) mass is 286 g/mol. The molecule has 1 N–H and O–H groups in total.